The summed E-state index contributed by atoms with van der Waals surface area (Å²) in [4.78, 5) is 14.4. The van der Waals surface area contributed by atoms with E-state index in [2.05, 4.69) is 45.3 Å². The van der Waals surface area contributed by atoms with Gasteiger partial charge in [-0.15, -0.1) is 0 Å². The Hall–Kier alpha value is -0.910. The average Bonchev–Trinajstić information content (AvgIpc) is 2.87. The first-order valence-corrected chi connectivity index (χ1v) is 8.34. The van der Waals surface area contributed by atoms with Gasteiger partial charge in [0.1, 0.15) is 0 Å². The molecule has 1 unspecified atom stereocenters. The lowest BCUT2D eigenvalue weighted by Gasteiger charge is -2.20. The Morgan fingerprint density at radius 3 is 2.95 bits per heavy atom. The van der Waals surface area contributed by atoms with Crippen LogP contribution in [0.25, 0.3) is 0 Å². The lowest BCUT2D eigenvalue weighted by Crippen LogP contribution is -2.34. The molecule has 0 aliphatic carbocycles. The van der Waals surface area contributed by atoms with Crippen molar-refractivity contribution in [3.05, 3.63) is 28.7 Å². The number of halogens is 1. The Morgan fingerprint density at radius 1 is 1.48 bits per heavy atom. The Morgan fingerprint density at radius 2 is 2.29 bits per heavy atom. The van der Waals surface area contributed by atoms with Crippen molar-refractivity contribution < 1.29 is 4.79 Å². The fourth-order valence-electron chi connectivity index (χ4n) is 2.66. The molecule has 1 aromatic carbocycles. The van der Waals surface area contributed by atoms with Crippen molar-refractivity contribution in [3.8, 4) is 0 Å². The molecule has 1 aliphatic rings. The van der Waals surface area contributed by atoms with Gasteiger partial charge in [-0.2, -0.15) is 0 Å². The summed E-state index contributed by atoms with van der Waals surface area (Å²) >= 11 is 3.40. The number of amides is 1. The first-order chi connectivity index (χ1) is 10.0. The van der Waals surface area contributed by atoms with Crippen molar-refractivity contribution in [1.29, 1.82) is 0 Å². The number of anilines is 1. The summed E-state index contributed by atoms with van der Waals surface area (Å²) < 4.78 is 0.966. The van der Waals surface area contributed by atoms with Gasteiger partial charge in [0.25, 0.3) is 0 Å². The predicted molar refractivity (Wildman–Crippen MR) is 90.5 cm³/mol. The molecule has 1 amide bonds. The molecule has 2 rings (SSSR count). The van der Waals surface area contributed by atoms with Crippen molar-refractivity contribution in [1.82, 2.24) is 10.2 Å². The van der Waals surface area contributed by atoms with Gasteiger partial charge < -0.3 is 15.5 Å². The predicted octanol–water partition coefficient (Wildman–Crippen LogP) is 2.71. The van der Waals surface area contributed by atoms with Crippen LogP contribution in [0.2, 0.25) is 0 Å². The third-order valence-corrected chi connectivity index (χ3v) is 4.37. The number of nitrogens with zero attached hydrogens (tertiary/aromatic N) is 1. The Labute approximate surface area is 135 Å². The number of nitrogens with one attached hydrogen (secondary N) is 2. The molecular formula is C16H24BrN3O. The number of carbonyl (C=O) groups excluding carboxylic acids is 1. The van der Waals surface area contributed by atoms with E-state index in [4.69, 9.17) is 0 Å². The highest BCUT2D eigenvalue weighted by Crippen LogP contribution is 2.17. The first-order valence-electron chi connectivity index (χ1n) is 7.55. The lowest BCUT2D eigenvalue weighted by molar-refractivity contribution is -0.115. The van der Waals surface area contributed by atoms with E-state index in [0.29, 0.717) is 18.5 Å². The number of rotatable bonds is 6. The van der Waals surface area contributed by atoms with E-state index in [0.717, 1.165) is 23.2 Å². The van der Waals surface area contributed by atoms with E-state index in [1.165, 1.54) is 13.0 Å². The Balaban J connectivity index is 1.66. The highest BCUT2D eigenvalue weighted by molar-refractivity contribution is 9.10. The van der Waals surface area contributed by atoms with Gasteiger partial charge in [-0.1, -0.05) is 22.0 Å². The van der Waals surface area contributed by atoms with Crippen molar-refractivity contribution in [2.75, 3.05) is 31.5 Å². The van der Waals surface area contributed by atoms with Gasteiger partial charge >= 0.3 is 0 Å². The summed E-state index contributed by atoms with van der Waals surface area (Å²) in [5.74, 6) is 0.665. The number of carbonyl (C=O) groups is 1. The SMILES string of the molecule is CC(C)N1CCC(CNCC(=O)Nc2cccc(Br)c2)C1. The van der Waals surface area contributed by atoms with Gasteiger partial charge in [-0.25, -0.2) is 0 Å². The van der Waals surface area contributed by atoms with Crippen molar-refractivity contribution >= 4 is 27.5 Å². The summed E-state index contributed by atoms with van der Waals surface area (Å²) in [5.41, 5.74) is 0.822. The number of benzene rings is 1. The fourth-order valence-corrected chi connectivity index (χ4v) is 3.06. The molecule has 0 aromatic heterocycles. The summed E-state index contributed by atoms with van der Waals surface area (Å²) in [5, 5.41) is 6.16. The molecule has 0 spiro atoms. The Bertz CT molecular complexity index is 478. The molecule has 116 valence electrons. The zero-order chi connectivity index (χ0) is 15.2. The maximum atomic E-state index is 11.9. The van der Waals surface area contributed by atoms with Crippen LogP contribution in [0.1, 0.15) is 20.3 Å². The maximum Gasteiger partial charge on any atom is 0.238 e. The normalized spacial score (nSPS) is 19.1. The number of likely N-dealkylation sites (tertiary alicyclic amines) is 1. The zero-order valence-corrected chi connectivity index (χ0v) is 14.3. The molecule has 1 fully saturated rings. The van der Waals surface area contributed by atoms with E-state index in [-0.39, 0.29) is 5.91 Å². The summed E-state index contributed by atoms with van der Waals surface area (Å²) in [7, 11) is 0. The molecule has 2 N–H and O–H groups in total. The van der Waals surface area contributed by atoms with Crippen LogP contribution in [0.4, 0.5) is 5.69 Å². The minimum atomic E-state index is 0.00631. The van der Waals surface area contributed by atoms with Crippen LogP contribution in [-0.2, 0) is 4.79 Å². The quantitative estimate of drug-likeness (QED) is 0.826. The average molecular weight is 354 g/mol. The van der Waals surface area contributed by atoms with E-state index in [1.54, 1.807) is 0 Å². The van der Waals surface area contributed by atoms with Crippen molar-refractivity contribution in [3.63, 3.8) is 0 Å². The molecule has 1 atom stereocenters. The molecule has 4 nitrogen and oxygen atoms in total. The van der Waals surface area contributed by atoms with Gasteiger partial charge in [0.15, 0.2) is 0 Å². The number of hydrogen-bond acceptors (Lipinski definition) is 3. The van der Waals surface area contributed by atoms with E-state index < -0.39 is 0 Å². The highest BCUT2D eigenvalue weighted by Gasteiger charge is 2.23. The molecular weight excluding hydrogens is 330 g/mol. The second-order valence-electron chi connectivity index (χ2n) is 5.93. The first kappa shape index (κ1) is 16.5. The molecule has 1 saturated heterocycles. The van der Waals surface area contributed by atoms with Crippen molar-refractivity contribution in [2.45, 2.75) is 26.3 Å². The third-order valence-electron chi connectivity index (χ3n) is 3.87. The van der Waals surface area contributed by atoms with Crippen LogP contribution >= 0.6 is 15.9 Å². The molecule has 1 aromatic rings. The summed E-state index contributed by atoms with van der Waals surface area (Å²) in [6.45, 7) is 8.06. The zero-order valence-electron chi connectivity index (χ0n) is 12.7. The maximum absolute atomic E-state index is 11.9. The molecule has 1 heterocycles. The summed E-state index contributed by atoms with van der Waals surface area (Å²) in [6.07, 6.45) is 1.22. The van der Waals surface area contributed by atoms with Gasteiger partial charge in [-0.05, 0) is 57.5 Å². The van der Waals surface area contributed by atoms with E-state index >= 15 is 0 Å². The van der Waals surface area contributed by atoms with Crippen molar-refractivity contribution in [2.24, 2.45) is 5.92 Å². The van der Waals surface area contributed by atoms with Gasteiger partial charge in [-0.3, -0.25) is 4.79 Å². The minimum absolute atomic E-state index is 0.00631. The monoisotopic (exact) mass is 353 g/mol. The topological polar surface area (TPSA) is 44.4 Å². The highest BCUT2D eigenvalue weighted by atomic mass is 79.9. The summed E-state index contributed by atoms with van der Waals surface area (Å²) in [6, 6.07) is 8.26. The molecule has 0 saturated carbocycles. The van der Waals surface area contributed by atoms with Crippen LogP contribution in [0, 0.1) is 5.92 Å². The van der Waals surface area contributed by atoms with Gasteiger partial charge in [0, 0.05) is 22.7 Å². The van der Waals surface area contributed by atoms with Crippen LogP contribution in [0.15, 0.2) is 28.7 Å². The fraction of sp³-hybridized carbons (Fsp3) is 0.562. The van der Waals surface area contributed by atoms with Gasteiger partial charge in [0.05, 0.1) is 6.54 Å². The standard InChI is InChI=1S/C16H24BrN3O/c1-12(2)20-7-6-13(11-20)9-18-10-16(21)19-15-5-3-4-14(17)8-15/h3-5,8,12-13,18H,6-7,9-11H2,1-2H3,(H,19,21). The van der Waals surface area contributed by atoms with Crippen LogP contribution < -0.4 is 10.6 Å². The second kappa shape index (κ2) is 7.92. The smallest absolute Gasteiger partial charge is 0.238 e. The number of hydrogen-bond donors (Lipinski definition) is 2. The van der Waals surface area contributed by atoms with E-state index in [1.807, 2.05) is 24.3 Å². The van der Waals surface area contributed by atoms with E-state index in [9.17, 15) is 4.79 Å². The van der Waals surface area contributed by atoms with Crippen LogP contribution in [-0.4, -0.2) is 43.0 Å². The lowest BCUT2D eigenvalue weighted by atomic mass is 10.1. The van der Waals surface area contributed by atoms with Gasteiger partial charge in [0.2, 0.25) is 5.91 Å². The second-order valence-corrected chi connectivity index (χ2v) is 6.85. The molecule has 0 bridgehead atoms. The third kappa shape index (κ3) is 5.41. The molecule has 5 heteroatoms. The largest absolute Gasteiger partial charge is 0.325 e. The minimum Gasteiger partial charge on any atom is -0.325 e. The molecule has 1 aliphatic heterocycles. The molecule has 0 radical (unpaired) electrons. The van der Waals surface area contributed by atoms with Crippen LogP contribution in [0.3, 0.4) is 0 Å². The Kier molecular flexibility index (Phi) is 6.21. The van der Waals surface area contributed by atoms with Crippen LogP contribution in [0.5, 0.6) is 0 Å². The molecule has 21 heavy (non-hydrogen) atoms.